The van der Waals surface area contributed by atoms with Gasteiger partial charge in [0.05, 0.1) is 6.61 Å². The minimum Gasteiger partial charge on any atom is -0.480 e. The number of carbonyl (C=O) groups is 3. The van der Waals surface area contributed by atoms with Crippen LogP contribution in [0.2, 0.25) is 0 Å². The smallest absolute Gasteiger partial charge is 0.320 e. The Bertz CT molecular complexity index is 671. The molecule has 274 valence electrons. The van der Waals surface area contributed by atoms with Gasteiger partial charge in [0, 0.05) is 12.8 Å². The maximum Gasteiger partial charge on any atom is 0.320 e. The molecule has 0 saturated heterocycles. The van der Waals surface area contributed by atoms with Gasteiger partial charge in [-0.2, -0.15) is 0 Å². The van der Waals surface area contributed by atoms with Crippen molar-refractivity contribution < 1.29 is 34.1 Å². The summed E-state index contributed by atoms with van der Waals surface area (Å²) in [6, 6.07) is -0.731. The maximum atomic E-state index is 12.1. The number of hydrogen-bond acceptors (Lipinski definition) is 7. The molecule has 0 aromatic carbocycles. The van der Waals surface area contributed by atoms with Crippen molar-refractivity contribution in [3.63, 3.8) is 0 Å². The second-order valence-electron chi connectivity index (χ2n) is 13.1. The molecule has 0 aliphatic rings. The van der Waals surface area contributed by atoms with E-state index in [4.69, 9.17) is 20.3 Å². The van der Waals surface area contributed by atoms with Crippen LogP contribution in [0.3, 0.4) is 0 Å². The maximum absolute atomic E-state index is 12.1. The number of carboxylic acids is 1. The molecule has 0 aliphatic carbocycles. The Morgan fingerprint density at radius 2 is 0.826 bits per heavy atom. The van der Waals surface area contributed by atoms with E-state index in [1.165, 1.54) is 142 Å². The van der Waals surface area contributed by atoms with Gasteiger partial charge in [-0.25, -0.2) is 0 Å². The van der Waals surface area contributed by atoms with Crippen LogP contribution in [-0.2, 0) is 23.9 Å². The number of nitrogens with two attached hydrogens (primary N) is 1. The van der Waals surface area contributed by atoms with Gasteiger partial charge in [0.15, 0.2) is 6.10 Å². The van der Waals surface area contributed by atoms with E-state index in [2.05, 4.69) is 13.8 Å². The van der Waals surface area contributed by atoms with Gasteiger partial charge in [0.1, 0.15) is 12.6 Å². The van der Waals surface area contributed by atoms with Gasteiger partial charge in [-0.3, -0.25) is 14.4 Å². The minimum absolute atomic E-state index is 0.0574. The van der Waals surface area contributed by atoms with E-state index in [9.17, 15) is 19.5 Å². The predicted octanol–water partition coefficient (Wildman–Crippen LogP) is 9.81. The molecule has 2 atom stereocenters. The second kappa shape index (κ2) is 37.8. The van der Waals surface area contributed by atoms with Crippen molar-refractivity contribution in [1.29, 1.82) is 0 Å². The molecule has 0 unspecified atom stereocenters. The van der Waals surface area contributed by atoms with Crippen molar-refractivity contribution in [2.75, 3.05) is 13.2 Å². The van der Waals surface area contributed by atoms with Crippen LogP contribution in [-0.4, -0.2) is 53.5 Å². The number of rotatable bonds is 33. The van der Waals surface area contributed by atoms with E-state index in [1.807, 2.05) is 0 Å². The van der Waals surface area contributed by atoms with Crippen LogP contribution in [0.15, 0.2) is 0 Å². The molecule has 4 N–H and O–H groups in total. The molecule has 0 spiro atoms. The summed E-state index contributed by atoms with van der Waals surface area (Å²) in [5.74, 6) is -1.54. The van der Waals surface area contributed by atoms with E-state index < -0.39 is 18.1 Å². The predicted molar refractivity (Wildman–Crippen MR) is 190 cm³/mol. The van der Waals surface area contributed by atoms with Gasteiger partial charge in [-0.1, -0.05) is 168 Å². The van der Waals surface area contributed by atoms with Gasteiger partial charge in [-0.15, -0.1) is 0 Å². The molecule has 0 aliphatic heterocycles. The number of ether oxygens (including phenoxy) is 2. The lowest BCUT2D eigenvalue weighted by atomic mass is 10.0. The summed E-state index contributed by atoms with van der Waals surface area (Å²) in [5, 5.41) is 17.4. The Balaban J connectivity index is 0. The van der Waals surface area contributed by atoms with Crippen LogP contribution in [0.25, 0.3) is 0 Å². The van der Waals surface area contributed by atoms with Gasteiger partial charge < -0.3 is 25.4 Å². The average Bonchev–Trinajstić information content (AvgIpc) is 3.03. The van der Waals surface area contributed by atoms with E-state index in [0.717, 1.165) is 32.1 Å². The Kier molecular flexibility index (Phi) is 38.2. The highest BCUT2D eigenvalue weighted by Gasteiger charge is 2.16. The largest absolute Gasteiger partial charge is 0.480 e. The number of hydrogen-bond donors (Lipinski definition) is 3. The van der Waals surface area contributed by atoms with Crippen LogP contribution in [0.4, 0.5) is 0 Å². The Labute approximate surface area is 283 Å². The van der Waals surface area contributed by atoms with Crippen molar-refractivity contribution in [1.82, 2.24) is 0 Å². The van der Waals surface area contributed by atoms with Gasteiger partial charge in [0.25, 0.3) is 0 Å². The molecule has 0 aromatic heterocycles. The second-order valence-corrected chi connectivity index (χ2v) is 13.1. The van der Waals surface area contributed by atoms with Crippen molar-refractivity contribution in [3.05, 3.63) is 0 Å². The lowest BCUT2D eigenvalue weighted by molar-refractivity contribution is -0.161. The first-order valence-electron chi connectivity index (χ1n) is 19.2. The first-order valence-corrected chi connectivity index (χ1v) is 19.2. The van der Waals surface area contributed by atoms with E-state index in [0.29, 0.717) is 12.8 Å². The van der Waals surface area contributed by atoms with Crippen molar-refractivity contribution in [3.8, 4) is 0 Å². The summed E-state index contributed by atoms with van der Waals surface area (Å²) < 4.78 is 10.6. The number of unbranched alkanes of at least 4 members (excludes halogenated alkanes) is 24. The standard InChI is InChI=1S/C35H68O5.C3H7NO2/c1-3-5-7-9-11-13-15-17-19-21-23-25-27-29-34(37)39-32-33(31-36)40-35(38)30-28-26-24-22-20-18-16-14-12-10-8-6-4-2;1-2(4)3(5)6/h33,36H,3-32H2,1-2H3;2H,4H2,1H3,(H,5,6)/t33-;2-/m00/s1. The summed E-state index contributed by atoms with van der Waals surface area (Å²) in [7, 11) is 0. The molecule has 0 fully saturated rings. The zero-order chi connectivity index (χ0) is 34.5. The summed E-state index contributed by atoms with van der Waals surface area (Å²) in [4.78, 5) is 33.7. The monoisotopic (exact) mass is 658 g/mol. The molecule has 0 saturated carbocycles. The molecule has 0 rings (SSSR count). The van der Waals surface area contributed by atoms with Crippen molar-refractivity contribution >= 4 is 17.9 Å². The molecule has 0 radical (unpaired) electrons. The third-order valence-corrected chi connectivity index (χ3v) is 8.29. The number of aliphatic hydroxyl groups excluding tert-OH is 1. The van der Waals surface area contributed by atoms with Gasteiger partial charge in [0.2, 0.25) is 0 Å². The molecule has 0 aromatic rings. The zero-order valence-electron chi connectivity index (χ0n) is 30.4. The number of esters is 2. The van der Waals surface area contributed by atoms with Crippen LogP contribution < -0.4 is 5.73 Å². The molecule has 0 heterocycles. The highest BCUT2D eigenvalue weighted by Crippen LogP contribution is 2.15. The SMILES string of the molecule is CCCCCCCCCCCCCCCC(=O)OC[C@H](CO)OC(=O)CCCCCCCCCCCCCCC.C[C@H](N)C(=O)O. The van der Waals surface area contributed by atoms with Gasteiger partial charge >= 0.3 is 17.9 Å². The lowest BCUT2D eigenvalue weighted by Crippen LogP contribution is -2.28. The Morgan fingerprint density at radius 1 is 0.543 bits per heavy atom. The van der Waals surface area contributed by atoms with Gasteiger partial charge in [-0.05, 0) is 19.8 Å². The van der Waals surface area contributed by atoms with E-state index in [-0.39, 0.29) is 25.2 Å². The van der Waals surface area contributed by atoms with Crippen LogP contribution >= 0.6 is 0 Å². The Morgan fingerprint density at radius 3 is 1.11 bits per heavy atom. The van der Waals surface area contributed by atoms with Crippen LogP contribution in [0, 0.1) is 0 Å². The highest BCUT2D eigenvalue weighted by atomic mass is 16.6. The number of aliphatic carboxylic acids is 1. The van der Waals surface area contributed by atoms with Crippen molar-refractivity contribution in [2.24, 2.45) is 5.73 Å². The fraction of sp³-hybridized carbons (Fsp3) is 0.921. The fourth-order valence-corrected chi connectivity index (χ4v) is 5.20. The summed E-state index contributed by atoms with van der Waals surface area (Å²) >= 11 is 0. The summed E-state index contributed by atoms with van der Waals surface area (Å²) in [6.45, 7) is 5.56. The average molecular weight is 658 g/mol. The first kappa shape index (κ1) is 46.4. The normalized spacial score (nSPS) is 12.2. The number of carboxylic acid groups (broad SMARTS) is 1. The fourth-order valence-electron chi connectivity index (χ4n) is 5.20. The molecule has 46 heavy (non-hydrogen) atoms. The van der Waals surface area contributed by atoms with E-state index in [1.54, 1.807) is 0 Å². The first-order chi connectivity index (χ1) is 22.3. The molecular weight excluding hydrogens is 582 g/mol. The van der Waals surface area contributed by atoms with E-state index >= 15 is 0 Å². The highest BCUT2D eigenvalue weighted by molar-refractivity contribution is 5.72. The zero-order valence-corrected chi connectivity index (χ0v) is 30.4. The quantitative estimate of drug-likeness (QED) is 0.0469. The number of carbonyl (C=O) groups excluding carboxylic acids is 2. The topological polar surface area (TPSA) is 136 Å². The third-order valence-electron chi connectivity index (χ3n) is 8.29. The summed E-state index contributed by atoms with van der Waals surface area (Å²) in [6.07, 6.45) is 32.9. The molecular formula is C38H75NO7. The Hall–Kier alpha value is -1.67. The van der Waals surface area contributed by atoms with Crippen molar-refractivity contribution in [2.45, 2.75) is 213 Å². The van der Waals surface area contributed by atoms with Crippen LogP contribution in [0.5, 0.6) is 0 Å². The molecule has 0 amide bonds. The molecule has 8 heteroatoms. The molecule has 8 nitrogen and oxygen atoms in total. The van der Waals surface area contributed by atoms with Crippen LogP contribution in [0.1, 0.15) is 201 Å². The third kappa shape index (κ3) is 38.5. The molecule has 0 bridgehead atoms. The number of aliphatic hydroxyl groups is 1. The minimum atomic E-state index is -0.963. The lowest BCUT2D eigenvalue weighted by Gasteiger charge is -2.15. The summed E-state index contributed by atoms with van der Waals surface area (Å²) in [5.41, 5.74) is 4.84.